The van der Waals surface area contributed by atoms with Crippen LogP contribution in [-0.4, -0.2) is 0 Å². The molecular formula is C70H50. The predicted molar refractivity (Wildman–Crippen MR) is 298 cm³/mol. The lowest BCUT2D eigenvalue weighted by atomic mass is 9.80. The van der Waals surface area contributed by atoms with E-state index in [1.807, 2.05) is 0 Å². The molecule has 0 bridgehead atoms. The SMILES string of the molecule is CC1(C)c2ccccc2-c2ccc(-c3ccc4c(c3)C(C)(C)c3cc(-c5ccc(-c6ccc(-c7ccc(-c8ccc(-c9ccc%10ccc%11cccc%12ccc9c%10c%11%12)cc8)cc7)cc6)cc5)ccc3-4)cc21. The molecule has 2 aliphatic rings. The Balaban J connectivity index is 0.672. The smallest absolute Gasteiger partial charge is 0.0159 e. The topological polar surface area (TPSA) is 0 Å². The summed E-state index contributed by atoms with van der Waals surface area (Å²) in [6.45, 7) is 9.51. The second kappa shape index (κ2) is 15.1. The Morgan fingerprint density at radius 1 is 0.214 bits per heavy atom. The van der Waals surface area contributed by atoms with Crippen LogP contribution in [0.5, 0.6) is 0 Å². The maximum Gasteiger partial charge on any atom is 0.0159 e. The fourth-order valence-electron chi connectivity index (χ4n) is 12.4. The van der Waals surface area contributed by atoms with Crippen LogP contribution in [0.3, 0.4) is 0 Å². The van der Waals surface area contributed by atoms with Crippen molar-refractivity contribution in [3.05, 3.63) is 253 Å². The van der Waals surface area contributed by atoms with Gasteiger partial charge in [-0.25, -0.2) is 0 Å². The van der Waals surface area contributed by atoms with Crippen molar-refractivity contribution < 1.29 is 0 Å². The molecule has 0 aromatic heterocycles. The van der Waals surface area contributed by atoms with Crippen LogP contribution in [0.15, 0.2) is 231 Å². The Bertz CT molecular complexity index is 4030. The molecule has 0 unspecified atom stereocenters. The molecule has 0 N–H and O–H groups in total. The van der Waals surface area contributed by atoms with Gasteiger partial charge in [-0.2, -0.15) is 0 Å². The molecule has 0 fully saturated rings. The second-order valence-corrected chi connectivity index (χ2v) is 20.9. The molecule has 0 atom stereocenters. The van der Waals surface area contributed by atoms with Crippen LogP contribution < -0.4 is 0 Å². The first kappa shape index (κ1) is 40.7. The molecule has 0 radical (unpaired) electrons. The fourth-order valence-corrected chi connectivity index (χ4v) is 12.4. The Morgan fingerprint density at radius 3 is 1.00 bits per heavy atom. The first-order chi connectivity index (χ1) is 34.2. The Labute approximate surface area is 410 Å². The number of hydrogen-bond acceptors (Lipinski definition) is 0. The minimum absolute atomic E-state index is 0.0194. The minimum atomic E-state index is -0.120. The van der Waals surface area contributed by atoms with Gasteiger partial charge in [-0.3, -0.25) is 0 Å². The molecule has 70 heavy (non-hydrogen) atoms. The van der Waals surface area contributed by atoms with Gasteiger partial charge in [0.2, 0.25) is 0 Å². The van der Waals surface area contributed by atoms with Crippen molar-refractivity contribution in [1.82, 2.24) is 0 Å². The van der Waals surface area contributed by atoms with Crippen LogP contribution in [0.2, 0.25) is 0 Å². The Kier molecular flexibility index (Phi) is 8.78. The van der Waals surface area contributed by atoms with E-state index in [0.717, 1.165) is 0 Å². The van der Waals surface area contributed by atoms with E-state index in [0.29, 0.717) is 0 Å². The molecule has 2 aliphatic carbocycles. The van der Waals surface area contributed by atoms with Crippen molar-refractivity contribution in [2.75, 3.05) is 0 Å². The molecule has 0 amide bonds. The molecule has 330 valence electrons. The molecule has 0 saturated carbocycles. The predicted octanol–water partition coefficient (Wildman–Crippen LogP) is 19.2. The first-order valence-corrected chi connectivity index (χ1v) is 24.8. The molecular weight excluding hydrogens is 841 g/mol. The van der Waals surface area contributed by atoms with Gasteiger partial charge in [-0.15, -0.1) is 0 Å². The summed E-state index contributed by atoms with van der Waals surface area (Å²) in [5.74, 6) is 0. The summed E-state index contributed by atoms with van der Waals surface area (Å²) < 4.78 is 0. The lowest BCUT2D eigenvalue weighted by Gasteiger charge is -2.23. The van der Waals surface area contributed by atoms with Gasteiger partial charge in [0.15, 0.2) is 0 Å². The molecule has 12 aromatic carbocycles. The van der Waals surface area contributed by atoms with Gasteiger partial charge in [-0.1, -0.05) is 240 Å². The summed E-state index contributed by atoms with van der Waals surface area (Å²) in [6, 6.07) is 86.6. The van der Waals surface area contributed by atoms with Crippen molar-refractivity contribution in [3.8, 4) is 89.0 Å². The third-order valence-electron chi connectivity index (χ3n) is 16.3. The highest BCUT2D eigenvalue weighted by Gasteiger charge is 2.37. The quantitative estimate of drug-likeness (QED) is 0.146. The van der Waals surface area contributed by atoms with E-state index in [-0.39, 0.29) is 10.8 Å². The zero-order chi connectivity index (χ0) is 46.9. The normalized spacial score (nSPS) is 13.9. The van der Waals surface area contributed by atoms with E-state index in [1.165, 1.54) is 144 Å². The number of rotatable bonds is 6. The number of hydrogen-bond donors (Lipinski definition) is 0. The van der Waals surface area contributed by atoms with E-state index >= 15 is 0 Å². The van der Waals surface area contributed by atoms with Gasteiger partial charge in [0.25, 0.3) is 0 Å². The van der Waals surface area contributed by atoms with Crippen molar-refractivity contribution in [1.29, 1.82) is 0 Å². The van der Waals surface area contributed by atoms with Crippen molar-refractivity contribution in [2.45, 2.75) is 38.5 Å². The minimum Gasteiger partial charge on any atom is -0.0619 e. The molecule has 14 rings (SSSR count). The van der Waals surface area contributed by atoms with E-state index in [9.17, 15) is 0 Å². The lowest BCUT2D eigenvalue weighted by molar-refractivity contribution is 0.659. The van der Waals surface area contributed by atoms with Crippen LogP contribution in [-0.2, 0) is 10.8 Å². The van der Waals surface area contributed by atoms with Crippen LogP contribution in [0.4, 0.5) is 0 Å². The third-order valence-corrected chi connectivity index (χ3v) is 16.3. The van der Waals surface area contributed by atoms with Crippen LogP contribution in [0.1, 0.15) is 49.9 Å². The van der Waals surface area contributed by atoms with E-state index in [4.69, 9.17) is 0 Å². The van der Waals surface area contributed by atoms with Gasteiger partial charge >= 0.3 is 0 Å². The highest BCUT2D eigenvalue weighted by molar-refractivity contribution is 6.25. The summed E-state index contributed by atoms with van der Waals surface area (Å²) in [5, 5.41) is 7.92. The molecule has 12 aromatic rings. The summed E-state index contributed by atoms with van der Waals surface area (Å²) in [5.41, 5.74) is 25.8. The molecule has 0 heteroatoms. The van der Waals surface area contributed by atoms with E-state index < -0.39 is 0 Å². The Morgan fingerprint density at radius 2 is 0.529 bits per heavy atom. The standard InChI is InChI=1S/C70H50/c1-69(2)63-11-6-5-10-58(63)59-37-33-55(41-64(59)69)56-34-38-61-60-36-32-54(40-65(60)70(3,4)66(61)42-56)49-22-20-47(21-23-49)45-14-12-43(13-15-45)44-16-18-46(19-17-44)48-24-26-50(27-25-48)57-35-30-53-29-28-51-8-7-9-52-31-39-62(57)68(53)67(51)52/h5-42H,1-4H3. The average Bonchev–Trinajstić information content (AvgIpc) is 3.78. The second-order valence-electron chi connectivity index (χ2n) is 20.9. The highest BCUT2D eigenvalue weighted by Crippen LogP contribution is 2.53. The monoisotopic (exact) mass is 890 g/mol. The highest BCUT2D eigenvalue weighted by atomic mass is 14.4. The summed E-state index contributed by atoms with van der Waals surface area (Å²) in [7, 11) is 0. The van der Waals surface area contributed by atoms with Crippen LogP contribution in [0, 0.1) is 0 Å². The van der Waals surface area contributed by atoms with Gasteiger partial charge < -0.3 is 0 Å². The van der Waals surface area contributed by atoms with Crippen LogP contribution >= 0.6 is 0 Å². The van der Waals surface area contributed by atoms with Crippen molar-refractivity contribution >= 4 is 32.3 Å². The molecule has 0 saturated heterocycles. The van der Waals surface area contributed by atoms with Gasteiger partial charge in [-0.05, 0) is 162 Å². The van der Waals surface area contributed by atoms with Crippen molar-refractivity contribution in [2.24, 2.45) is 0 Å². The maximum atomic E-state index is 2.45. The maximum absolute atomic E-state index is 2.45. The Hall–Kier alpha value is -8.32. The molecule has 0 nitrogen and oxygen atoms in total. The van der Waals surface area contributed by atoms with Gasteiger partial charge in [0, 0.05) is 10.8 Å². The number of fused-ring (bicyclic) bond motifs is 6. The largest absolute Gasteiger partial charge is 0.0619 e. The lowest BCUT2D eigenvalue weighted by Crippen LogP contribution is -2.15. The molecule has 0 spiro atoms. The van der Waals surface area contributed by atoms with E-state index in [1.54, 1.807) is 0 Å². The van der Waals surface area contributed by atoms with Gasteiger partial charge in [0.05, 0.1) is 0 Å². The average molecular weight is 891 g/mol. The summed E-state index contributed by atoms with van der Waals surface area (Å²) >= 11 is 0. The van der Waals surface area contributed by atoms with Crippen molar-refractivity contribution in [3.63, 3.8) is 0 Å². The number of benzene rings is 12. The fraction of sp³-hybridized carbons (Fsp3) is 0.0857. The van der Waals surface area contributed by atoms with E-state index in [2.05, 4.69) is 258 Å². The summed E-state index contributed by atoms with van der Waals surface area (Å²) in [6.07, 6.45) is 0. The zero-order valence-corrected chi connectivity index (χ0v) is 39.9. The third kappa shape index (κ3) is 6.16. The molecule has 0 heterocycles. The van der Waals surface area contributed by atoms with Gasteiger partial charge in [0.1, 0.15) is 0 Å². The zero-order valence-electron chi connectivity index (χ0n) is 39.9. The molecule has 0 aliphatic heterocycles. The first-order valence-electron chi connectivity index (χ1n) is 24.8. The summed E-state index contributed by atoms with van der Waals surface area (Å²) in [4.78, 5) is 0. The van der Waals surface area contributed by atoms with Crippen LogP contribution in [0.25, 0.3) is 121 Å².